The Hall–Kier alpha value is -1.25. The minimum absolute atomic E-state index is 0.329. The topological polar surface area (TPSA) is 36.4 Å². The number of aliphatic hydroxyl groups is 1. The smallest absolute Gasteiger partial charge is 0.377 e. The highest BCUT2D eigenvalue weighted by atomic mass is 32.2. The number of nitrogens with zero attached hydrogens (tertiary/aromatic N) is 2. The third-order valence-electron chi connectivity index (χ3n) is 3.60. The molecule has 124 valence electrons. The zero-order valence-electron chi connectivity index (χ0n) is 12.1. The fourth-order valence-corrected chi connectivity index (χ4v) is 4.18. The summed E-state index contributed by atoms with van der Waals surface area (Å²) in [6.45, 7) is 2.01. The number of hydrogen-bond donors (Lipinski definition) is 1. The van der Waals surface area contributed by atoms with E-state index in [1.54, 1.807) is 0 Å². The molecule has 2 heterocycles. The summed E-state index contributed by atoms with van der Waals surface area (Å²) < 4.78 is 37.5. The second-order valence-corrected chi connectivity index (χ2v) is 7.44. The Balaban J connectivity index is 1.76. The van der Waals surface area contributed by atoms with Gasteiger partial charge in [-0.25, -0.2) is 4.98 Å². The molecule has 3 rings (SSSR count). The first-order valence-electron chi connectivity index (χ1n) is 7.09. The van der Waals surface area contributed by atoms with Crippen molar-refractivity contribution in [1.29, 1.82) is 0 Å². The molecule has 1 atom stereocenters. The van der Waals surface area contributed by atoms with E-state index in [1.807, 2.05) is 36.0 Å². The van der Waals surface area contributed by atoms with E-state index < -0.39 is 12.3 Å². The van der Waals surface area contributed by atoms with E-state index in [0.29, 0.717) is 4.88 Å². The number of benzene rings is 1. The summed E-state index contributed by atoms with van der Waals surface area (Å²) in [6.07, 6.45) is -5.83. The molecule has 8 heteroatoms. The lowest BCUT2D eigenvalue weighted by molar-refractivity contribution is -0.206. The van der Waals surface area contributed by atoms with Crippen LogP contribution in [0, 0.1) is 0 Å². The van der Waals surface area contributed by atoms with Gasteiger partial charge in [-0.3, -0.25) is 0 Å². The molecule has 1 fully saturated rings. The van der Waals surface area contributed by atoms with Crippen LogP contribution in [0.25, 0.3) is 10.4 Å². The SMILES string of the molecule is OC(c1ncc(-c2ccc(N3CCSCC3)cc2)s1)C(F)(F)F. The van der Waals surface area contributed by atoms with E-state index >= 15 is 0 Å². The molecular formula is C15H15F3N2OS2. The molecule has 0 spiro atoms. The third kappa shape index (κ3) is 3.81. The monoisotopic (exact) mass is 360 g/mol. The van der Waals surface area contributed by atoms with Crippen LogP contribution in [0.4, 0.5) is 18.9 Å². The van der Waals surface area contributed by atoms with Gasteiger partial charge >= 0.3 is 6.18 Å². The van der Waals surface area contributed by atoms with Gasteiger partial charge in [0, 0.05) is 36.5 Å². The molecule has 1 aromatic heterocycles. The van der Waals surface area contributed by atoms with Crippen molar-refractivity contribution in [3.8, 4) is 10.4 Å². The van der Waals surface area contributed by atoms with Gasteiger partial charge in [-0.05, 0) is 17.7 Å². The van der Waals surface area contributed by atoms with Gasteiger partial charge in [0.2, 0.25) is 6.10 Å². The van der Waals surface area contributed by atoms with E-state index in [1.165, 1.54) is 6.20 Å². The van der Waals surface area contributed by atoms with E-state index in [4.69, 9.17) is 0 Å². The van der Waals surface area contributed by atoms with Crippen LogP contribution in [0.5, 0.6) is 0 Å². The van der Waals surface area contributed by atoms with Gasteiger partial charge in [0.1, 0.15) is 5.01 Å². The number of thiazole rings is 1. The second kappa shape index (κ2) is 6.70. The van der Waals surface area contributed by atoms with Gasteiger partial charge in [-0.15, -0.1) is 11.3 Å². The maximum atomic E-state index is 12.5. The van der Waals surface area contributed by atoms with Gasteiger partial charge in [0.15, 0.2) is 0 Å². The van der Waals surface area contributed by atoms with Crippen LogP contribution < -0.4 is 4.90 Å². The zero-order valence-corrected chi connectivity index (χ0v) is 13.7. The summed E-state index contributed by atoms with van der Waals surface area (Å²) in [5, 5.41) is 8.92. The molecule has 0 bridgehead atoms. The fraction of sp³-hybridized carbons (Fsp3) is 0.400. The first-order valence-corrected chi connectivity index (χ1v) is 9.06. The van der Waals surface area contributed by atoms with Crippen molar-refractivity contribution in [3.63, 3.8) is 0 Å². The van der Waals surface area contributed by atoms with Crippen molar-refractivity contribution < 1.29 is 18.3 Å². The highest BCUT2D eigenvalue weighted by molar-refractivity contribution is 7.99. The molecule has 0 saturated carbocycles. The van der Waals surface area contributed by atoms with Crippen molar-refractivity contribution in [2.75, 3.05) is 29.5 Å². The Morgan fingerprint density at radius 3 is 2.39 bits per heavy atom. The van der Waals surface area contributed by atoms with Gasteiger partial charge in [0.25, 0.3) is 0 Å². The molecule has 1 unspecified atom stereocenters. The number of rotatable bonds is 3. The van der Waals surface area contributed by atoms with E-state index in [0.717, 1.165) is 47.2 Å². The Labute approximate surface area is 140 Å². The van der Waals surface area contributed by atoms with Crippen LogP contribution in [-0.2, 0) is 0 Å². The largest absolute Gasteiger partial charge is 0.420 e. The fourth-order valence-electron chi connectivity index (χ4n) is 2.35. The summed E-state index contributed by atoms with van der Waals surface area (Å²) in [4.78, 5) is 6.62. The lowest BCUT2D eigenvalue weighted by Gasteiger charge is -2.28. The molecule has 1 aliphatic heterocycles. The molecule has 2 aromatic rings. The summed E-state index contributed by atoms with van der Waals surface area (Å²) in [7, 11) is 0. The molecule has 0 amide bonds. The number of alkyl halides is 3. The molecule has 1 saturated heterocycles. The van der Waals surface area contributed by atoms with E-state index in [9.17, 15) is 18.3 Å². The summed E-state index contributed by atoms with van der Waals surface area (Å²) in [5.41, 5.74) is 1.92. The van der Waals surface area contributed by atoms with Crippen LogP contribution in [0.2, 0.25) is 0 Å². The quantitative estimate of drug-likeness (QED) is 0.899. The van der Waals surface area contributed by atoms with Crippen molar-refractivity contribution in [2.45, 2.75) is 12.3 Å². The molecule has 0 aliphatic carbocycles. The highest BCUT2D eigenvalue weighted by Gasteiger charge is 2.41. The van der Waals surface area contributed by atoms with Crippen molar-refractivity contribution in [3.05, 3.63) is 35.5 Å². The van der Waals surface area contributed by atoms with Crippen LogP contribution >= 0.6 is 23.1 Å². The van der Waals surface area contributed by atoms with E-state index in [-0.39, 0.29) is 5.01 Å². The summed E-state index contributed by atoms with van der Waals surface area (Å²) >= 11 is 2.80. The lowest BCUT2D eigenvalue weighted by atomic mass is 10.2. The number of halogens is 3. The Kier molecular flexibility index (Phi) is 4.84. The Morgan fingerprint density at radius 1 is 1.13 bits per heavy atom. The first kappa shape index (κ1) is 16.6. The van der Waals surface area contributed by atoms with Gasteiger partial charge in [0.05, 0.1) is 4.88 Å². The normalized spacial score (nSPS) is 17.3. The maximum absolute atomic E-state index is 12.5. The number of hydrogen-bond acceptors (Lipinski definition) is 5. The minimum Gasteiger partial charge on any atom is -0.377 e. The van der Waals surface area contributed by atoms with Crippen LogP contribution in [-0.4, -0.2) is 40.9 Å². The molecule has 23 heavy (non-hydrogen) atoms. The summed E-state index contributed by atoms with van der Waals surface area (Å²) in [5.74, 6) is 2.21. The van der Waals surface area contributed by atoms with Gasteiger partial charge < -0.3 is 10.0 Å². The molecule has 1 N–H and O–H groups in total. The van der Waals surface area contributed by atoms with E-state index in [2.05, 4.69) is 9.88 Å². The van der Waals surface area contributed by atoms with Crippen molar-refractivity contribution in [2.24, 2.45) is 0 Å². The molecule has 0 radical (unpaired) electrons. The zero-order chi connectivity index (χ0) is 16.4. The maximum Gasteiger partial charge on any atom is 0.420 e. The Morgan fingerprint density at radius 2 is 1.78 bits per heavy atom. The lowest BCUT2D eigenvalue weighted by Crippen LogP contribution is -2.32. The molecule has 1 aromatic carbocycles. The standard InChI is InChI=1S/C15H15F3N2OS2/c16-15(17,18)13(21)14-19-9-12(23-14)10-1-3-11(4-2-10)20-5-7-22-8-6-20/h1-4,9,13,21H,5-8H2. The predicted molar refractivity (Wildman–Crippen MR) is 88.1 cm³/mol. The highest BCUT2D eigenvalue weighted by Crippen LogP contribution is 2.37. The second-order valence-electron chi connectivity index (χ2n) is 5.15. The number of thioether (sulfide) groups is 1. The average Bonchev–Trinajstić information content (AvgIpc) is 3.04. The van der Waals surface area contributed by atoms with Gasteiger partial charge in [-0.1, -0.05) is 12.1 Å². The Bertz CT molecular complexity index is 651. The van der Waals surface area contributed by atoms with Gasteiger partial charge in [-0.2, -0.15) is 24.9 Å². The van der Waals surface area contributed by atoms with Crippen molar-refractivity contribution >= 4 is 28.8 Å². The van der Waals surface area contributed by atoms with Crippen molar-refractivity contribution in [1.82, 2.24) is 4.98 Å². The molecule has 1 aliphatic rings. The number of aromatic nitrogens is 1. The minimum atomic E-state index is -4.69. The summed E-state index contributed by atoms with van der Waals surface area (Å²) in [6, 6.07) is 7.72. The van der Waals surface area contributed by atoms with Crippen LogP contribution in [0.15, 0.2) is 30.5 Å². The number of aliphatic hydroxyl groups excluding tert-OH is 1. The third-order valence-corrected chi connectivity index (χ3v) is 5.64. The molecular weight excluding hydrogens is 345 g/mol. The van der Waals surface area contributed by atoms with Crippen LogP contribution in [0.3, 0.4) is 0 Å². The number of anilines is 1. The van der Waals surface area contributed by atoms with Crippen LogP contribution in [0.1, 0.15) is 11.1 Å². The predicted octanol–water partition coefficient (Wildman–Crippen LogP) is 3.96. The first-order chi connectivity index (χ1) is 10.9. The average molecular weight is 360 g/mol. The molecule has 3 nitrogen and oxygen atoms in total.